The molecule has 1 heterocycles. The van der Waals surface area contributed by atoms with E-state index < -0.39 is 10.8 Å². The molecule has 0 amide bonds. The average molecular weight is 272 g/mol. The van der Waals surface area contributed by atoms with Gasteiger partial charge in [-0.05, 0) is 36.9 Å². The van der Waals surface area contributed by atoms with Crippen LogP contribution in [0.5, 0.6) is 0 Å². The molecule has 1 fully saturated rings. The molecule has 0 aliphatic carbocycles. The predicted octanol–water partition coefficient (Wildman–Crippen LogP) is 2.59. The monoisotopic (exact) mass is 271 g/mol. The van der Waals surface area contributed by atoms with Crippen LogP contribution in [0.2, 0.25) is 5.02 Å². The minimum absolute atomic E-state index is 0.547. The molecule has 0 aromatic heterocycles. The minimum Gasteiger partial charge on any atom is -0.313 e. The van der Waals surface area contributed by atoms with Gasteiger partial charge in [0, 0.05) is 33.9 Å². The quantitative estimate of drug-likeness (QED) is 0.834. The average Bonchev–Trinajstić information content (AvgIpc) is 2.73. The van der Waals surface area contributed by atoms with Crippen LogP contribution < -0.4 is 5.32 Å². The van der Waals surface area contributed by atoms with Crippen LogP contribution in [-0.4, -0.2) is 22.3 Å². The van der Waals surface area contributed by atoms with Crippen molar-refractivity contribution in [3.05, 3.63) is 34.9 Å². The van der Waals surface area contributed by atoms with Crippen LogP contribution in [0, 0.1) is 5.92 Å². The molecule has 2 nitrogen and oxygen atoms in total. The van der Waals surface area contributed by atoms with Crippen LogP contribution in [-0.2, 0) is 17.3 Å². The van der Waals surface area contributed by atoms with Gasteiger partial charge >= 0.3 is 0 Å². The highest BCUT2D eigenvalue weighted by molar-refractivity contribution is 7.85. The van der Waals surface area contributed by atoms with Crippen LogP contribution in [0.3, 0.4) is 0 Å². The van der Waals surface area contributed by atoms with Gasteiger partial charge in [0.15, 0.2) is 0 Å². The smallest absolute Gasteiger partial charge is 0.0450 e. The summed E-state index contributed by atoms with van der Waals surface area (Å²) in [5.74, 6) is 2.44. The van der Waals surface area contributed by atoms with Gasteiger partial charge in [-0.25, -0.2) is 0 Å². The Morgan fingerprint density at radius 2 is 2.24 bits per heavy atom. The lowest BCUT2D eigenvalue weighted by atomic mass is 10.1. The molecule has 0 saturated carbocycles. The van der Waals surface area contributed by atoms with Crippen molar-refractivity contribution in [2.24, 2.45) is 5.92 Å². The number of rotatable bonds is 5. The van der Waals surface area contributed by atoms with Crippen molar-refractivity contribution in [1.82, 2.24) is 5.32 Å². The van der Waals surface area contributed by atoms with Gasteiger partial charge in [-0.1, -0.05) is 29.8 Å². The summed E-state index contributed by atoms with van der Waals surface area (Å²) in [7, 11) is -0.547. The van der Waals surface area contributed by atoms with Crippen molar-refractivity contribution in [2.75, 3.05) is 18.1 Å². The first kappa shape index (κ1) is 13.1. The molecule has 2 atom stereocenters. The normalized spacial score (nSPS) is 24.1. The standard InChI is InChI=1S/C13H18ClNOS/c14-13-4-2-1-3-12(13)9-15-7-5-11-6-8-17(16)10-11/h1-4,11,15H,5-10H2. The van der Waals surface area contributed by atoms with E-state index in [0.29, 0.717) is 5.92 Å². The fourth-order valence-corrected chi connectivity index (χ4v) is 3.95. The van der Waals surface area contributed by atoms with Gasteiger partial charge in [-0.3, -0.25) is 4.21 Å². The van der Waals surface area contributed by atoms with Gasteiger partial charge in [0.05, 0.1) is 0 Å². The SMILES string of the molecule is O=S1CCC(CCNCc2ccccc2Cl)C1. The maximum Gasteiger partial charge on any atom is 0.0450 e. The van der Waals surface area contributed by atoms with E-state index in [2.05, 4.69) is 5.32 Å². The van der Waals surface area contributed by atoms with Crippen molar-refractivity contribution in [3.8, 4) is 0 Å². The summed E-state index contributed by atoms with van der Waals surface area (Å²) in [4.78, 5) is 0. The summed E-state index contributed by atoms with van der Waals surface area (Å²) in [5.41, 5.74) is 1.14. The van der Waals surface area contributed by atoms with Crippen molar-refractivity contribution in [3.63, 3.8) is 0 Å². The lowest BCUT2D eigenvalue weighted by Gasteiger charge is -2.09. The lowest BCUT2D eigenvalue weighted by Crippen LogP contribution is -2.18. The van der Waals surface area contributed by atoms with Crippen molar-refractivity contribution < 1.29 is 4.21 Å². The zero-order valence-corrected chi connectivity index (χ0v) is 11.4. The summed E-state index contributed by atoms with van der Waals surface area (Å²) in [6.45, 7) is 1.79. The number of benzene rings is 1. The molecule has 2 rings (SSSR count). The van der Waals surface area contributed by atoms with Crippen molar-refractivity contribution >= 4 is 22.4 Å². The maximum absolute atomic E-state index is 11.2. The third-order valence-electron chi connectivity index (χ3n) is 3.18. The molecule has 2 unspecified atom stereocenters. The minimum atomic E-state index is -0.547. The Morgan fingerprint density at radius 1 is 1.41 bits per heavy atom. The molecule has 1 aromatic rings. The molecule has 0 bridgehead atoms. The Morgan fingerprint density at radius 3 is 2.94 bits per heavy atom. The lowest BCUT2D eigenvalue weighted by molar-refractivity contribution is 0.510. The van der Waals surface area contributed by atoms with Gasteiger partial charge in [0.1, 0.15) is 0 Å². The van der Waals surface area contributed by atoms with E-state index in [1.54, 1.807) is 0 Å². The van der Waals surface area contributed by atoms with Crippen LogP contribution in [0.25, 0.3) is 0 Å². The third-order valence-corrected chi connectivity index (χ3v) is 5.08. The van der Waals surface area contributed by atoms with Crippen LogP contribution >= 0.6 is 11.6 Å². The molecule has 0 radical (unpaired) electrons. The van der Waals surface area contributed by atoms with E-state index in [1.807, 2.05) is 24.3 Å². The number of hydrogen-bond donors (Lipinski definition) is 1. The molecule has 1 saturated heterocycles. The van der Waals surface area contributed by atoms with E-state index in [9.17, 15) is 4.21 Å². The summed E-state index contributed by atoms with van der Waals surface area (Å²) in [6.07, 6.45) is 2.25. The number of nitrogens with one attached hydrogen (secondary N) is 1. The first-order valence-electron chi connectivity index (χ1n) is 6.05. The third kappa shape index (κ3) is 4.09. The van der Waals surface area contributed by atoms with Crippen molar-refractivity contribution in [2.45, 2.75) is 19.4 Å². The molecular weight excluding hydrogens is 254 g/mol. The van der Waals surface area contributed by atoms with Crippen LogP contribution in [0.15, 0.2) is 24.3 Å². The summed E-state index contributed by atoms with van der Waals surface area (Å²) in [5, 5.41) is 4.22. The maximum atomic E-state index is 11.2. The first-order valence-corrected chi connectivity index (χ1v) is 7.91. The Bertz CT molecular complexity index is 397. The highest BCUT2D eigenvalue weighted by atomic mass is 35.5. The molecular formula is C13H18ClNOS. The van der Waals surface area contributed by atoms with Gasteiger partial charge in [0.25, 0.3) is 0 Å². The molecule has 1 aromatic carbocycles. The second kappa shape index (κ2) is 6.53. The van der Waals surface area contributed by atoms with E-state index in [4.69, 9.17) is 11.6 Å². The van der Waals surface area contributed by atoms with Gasteiger partial charge in [-0.15, -0.1) is 0 Å². The Balaban J connectivity index is 1.66. The topological polar surface area (TPSA) is 29.1 Å². The van der Waals surface area contributed by atoms with E-state index >= 15 is 0 Å². The number of hydrogen-bond acceptors (Lipinski definition) is 2. The molecule has 1 N–H and O–H groups in total. The summed E-state index contributed by atoms with van der Waals surface area (Å²) < 4.78 is 11.2. The Kier molecular flexibility index (Phi) is 5.01. The van der Waals surface area contributed by atoms with Gasteiger partial charge in [0.2, 0.25) is 0 Å². The second-order valence-corrected chi connectivity index (χ2v) is 6.55. The highest BCUT2D eigenvalue weighted by Gasteiger charge is 2.20. The molecule has 17 heavy (non-hydrogen) atoms. The molecule has 0 spiro atoms. The first-order chi connectivity index (χ1) is 8.25. The van der Waals surface area contributed by atoms with E-state index in [0.717, 1.165) is 48.0 Å². The van der Waals surface area contributed by atoms with Gasteiger partial charge in [-0.2, -0.15) is 0 Å². The highest BCUT2D eigenvalue weighted by Crippen LogP contribution is 2.18. The van der Waals surface area contributed by atoms with Crippen LogP contribution in [0.1, 0.15) is 18.4 Å². The second-order valence-electron chi connectivity index (χ2n) is 4.52. The summed E-state index contributed by atoms with van der Waals surface area (Å²) >= 11 is 6.07. The molecule has 1 aliphatic rings. The Labute approximate surface area is 110 Å². The predicted molar refractivity (Wildman–Crippen MR) is 73.8 cm³/mol. The zero-order valence-electron chi connectivity index (χ0n) is 9.82. The zero-order chi connectivity index (χ0) is 12.1. The molecule has 1 aliphatic heterocycles. The van der Waals surface area contributed by atoms with Gasteiger partial charge < -0.3 is 5.32 Å². The van der Waals surface area contributed by atoms with E-state index in [1.165, 1.54) is 0 Å². The summed E-state index contributed by atoms with van der Waals surface area (Å²) in [6, 6.07) is 7.90. The number of halogens is 1. The molecule has 4 heteroatoms. The largest absolute Gasteiger partial charge is 0.313 e. The fraction of sp³-hybridized carbons (Fsp3) is 0.538. The fourth-order valence-electron chi connectivity index (χ4n) is 2.13. The van der Waals surface area contributed by atoms with E-state index in [-0.39, 0.29) is 0 Å². The Hall–Kier alpha value is -0.380. The van der Waals surface area contributed by atoms with Crippen LogP contribution in [0.4, 0.5) is 0 Å². The van der Waals surface area contributed by atoms with Crippen molar-refractivity contribution in [1.29, 1.82) is 0 Å². The molecule has 94 valence electrons.